The lowest BCUT2D eigenvalue weighted by Crippen LogP contribution is -2.31. The van der Waals surface area contributed by atoms with Crippen LogP contribution in [-0.2, 0) is 0 Å². The molecular weight excluding hydrogens is 274 g/mol. The second-order valence-corrected chi connectivity index (χ2v) is 5.35. The van der Waals surface area contributed by atoms with Crippen LogP contribution in [0.15, 0.2) is 36.5 Å². The summed E-state index contributed by atoms with van der Waals surface area (Å²) in [4.78, 5) is 18.3. The van der Waals surface area contributed by atoms with Crippen molar-refractivity contribution < 1.29 is 4.79 Å². The molecule has 1 amide bonds. The van der Waals surface area contributed by atoms with Crippen LogP contribution < -0.4 is 5.32 Å². The molecule has 1 heterocycles. The van der Waals surface area contributed by atoms with E-state index in [2.05, 4.69) is 42.3 Å². The van der Waals surface area contributed by atoms with Gasteiger partial charge in [-0.2, -0.15) is 0 Å². The molecule has 4 heteroatoms. The minimum Gasteiger partial charge on any atom is -0.355 e. The summed E-state index contributed by atoms with van der Waals surface area (Å²) in [5.74, 6) is -0.0331. The summed E-state index contributed by atoms with van der Waals surface area (Å²) < 4.78 is 0. The Bertz CT molecular complexity index is 663. The number of pyridine rings is 1. The number of amides is 1. The Hall–Kier alpha value is -2.36. The van der Waals surface area contributed by atoms with E-state index in [4.69, 9.17) is 0 Å². The average molecular weight is 297 g/mol. The standard InChI is InChI=1S/C18H23N3O/c1-5-21(6-2)18(22)17-12-15(9-10-19-17)20-16-8-7-13(3)11-14(16)4/h7-12H,5-6H2,1-4H3,(H,19,20). The number of aryl methyl sites for hydroxylation is 2. The van der Waals surface area contributed by atoms with Crippen LogP contribution in [0.1, 0.15) is 35.5 Å². The van der Waals surface area contributed by atoms with Crippen molar-refractivity contribution in [3.8, 4) is 0 Å². The summed E-state index contributed by atoms with van der Waals surface area (Å²) >= 11 is 0. The van der Waals surface area contributed by atoms with Crippen molar-refractivity contribution in [3.05, 3.63) is 53.3 Å². The normalized spacial score (nSPS) is 10.4. The predicted octanol–water partition coefficient (Wildman–Crippen LogP) is 3.92. The Balaban J connectivity index is 2.23. The van der Waals surface area contributed by atoms with Crippen LogP contribution in [0.2, 0.25) is 0 Å². The van der Waals surface area contributed by atoms with E-state index in [-0.39, 0.29) is 5.91 Å². The average Bonchev–Trinajstić information content (AvgIpc) is 2.51. The zero-order chi connectivity index (χ0) is 16.1. The van der Waals surface area contributed by atoms with Crippen molar-refractivity contribution >= 4 is 17.3 Å². The number of nitrogens with zero attached hydrogens (tertiary/aromatic N) is 2. The number of anilines is 2. The molecule has 1 aromatic carbocycles. The van der Waals surface area contributed by atoms with Gasteiger partial charge in [-0.1, -0.05) is 17.7 Å². The van der Waals surface area contributed by atoms with E-state index in [9.17, 15) is 4.79 Å². The van der Waals surface area contributed by atoms with Crippen molar-refractivity contribution in [2.24, 2.45) is 0 Å². The monoisotopic (exact) mass is 297 g/mol. The van der Waals surface area contributed by atoms with Crippen LogP contribution in [0, 0.1) is 13.8 Å². The van der Waals surface area contributed by atoms with E-state index in [1.165, 1.54) is 11.1 Å². The molecule has 0 spiro atoms. The first-order valence-electron chi connectivity index (χ1n) is 7.64. The number of hydrogen-bond acceptors (Lipinski definition) is 3. The molecule has 0 aliphatic carbocycles. The summed E-state index contributed by atoms with van der Waals surface area (Å²) in [6.07, 6.45) is 1.67. The van der Waals surface area contributed by atoms with Gasteiger partial charge in [0.15, 0.2) is 0 Å². The number of carbonyl (C=O) groups excluding carboxylic acids is 1. The second kappa shape index (κ2) is 7.07. The van der Waals surface area contributed by atoms with E-state index >= 15 is 0 Å². The fourth-order valence-corrected chi connectivity index (χ4v) is 2.41. The molecule has 1 aromatic heterocycles. The van der Waals surface area contributed by atoms with Crippen molar-refractivity contribution in [1.82, 2.24) is 9.88 Å². The molecule has 0 radical (unpaired) electrons. The molecule has 0 saturated heterocycles. The molecule has 0 saturated carbocycles. The molecule has 4 nitrogen and oxygen atoms in total. The molecule has 0 aliphatic rings. The SMILES string of the molecule is CCN(CC)C(=O)c1cc(Nc2ccc(C)cc2C)ccn1. The van der Waals surface area contributed by atoms with Gasteiger partial charge >= 0.3 is 0 Å². The molecular formula is C18H23N3O. The summed E-state index contributed by atoms with van der Waals surface area (Å²) in [6, 6.07) is 9.93. The zero-order valence-corrected chi connectivity index (χ0v) is 13.7. The largest absolute Gasteiger partial charge is 0.355 e. The van der Waals surface area contributed by atoms with E-state index in [1.807, 2.05) is 19.9 Å². The smallest absolute Gasteiger partial charge is 0.272 e. The van der Waals surface area contributed by atoms with E-state index < -0.39 is 0 Å². The van der Waals surface area contributed by atoms with Gasteiger partial charge in [0.05, 0.1) is 0 Å². The number of rotatable bonds is 5. The number of benzene rings is 1. The maximum absolute atomic E-state index is 12.4. The third-order valence-corrected chi connectivity index (χ3v) is 3.69. The minimum absolute atomic E-state index is 0.0331. The van der Waals surface area contributed by atoms with Crippen LogP contribution >= 0.6 is 0 Å². The van der Waals surface area contributed by atoms with Crippen molar-refractivity contribution in [2.75, 3.05) is 18.4 Å². The maximum atomic E-state index is 12.4. The van der Waals surface area contributed by atoms with Gasteiger partial charge in [-0.15, -0.1) is 0 Å². The first-order valence-corrected chi connectivity index (χ1v) is 7.64. The first-order chi connectivity index (χ1) is 10.5. The van der Waals surface area contributed by atoms with E-state index in [0.29, 0.717) is 18.8 Å². The van der Waals surface area contributed by atoms with Gasteiger partial charge in [0.1, 0.15) is 5.69 Å². The highest BCUT2D eigenvalue weighted by Crippen LogP contribution is 2.21. The lowest BCUT2D eigenvalue weighted by molar-refractivity contribution is 0.0767. The van der Waals surface area contributed by atoms with Gasteiger partial charge in [0.2, 0.25) is 0 Å². The molecule has 0 atom stereocenters. The van der Waals surface area contributed by atoms with Crippen LogP contribution in [0.3, 0.4) is 0 Å². The summed E-state index contributed by atoms with van der Waals surface area (Å²) in [6.45, 7) is 9.46. The van der Waals surface area contributed by atoms with Gasteiger partial charge in [0, 0.05) is 30.7 Å². The first kappa shape index (κ1) is 16.0. The van der Waals surface area contributed by atoms with Crippen LogP contribution in [0.5, 0.6) is 0 Å². The van der Waals surface area contributed by atoms with Crippen molar-refractivity contribution in [1.29, 1.82) is 0 Å². The number of aromatic nitrogens is 1. The van der Waals surface area contributed by atoms with Crippen molar-refractivity contribution in [3.63, 3.8) is 0 Å². The second-order valence-electron chi connectivity index (χ2n) is 5.35. The number of nitrogens with one attached hydrogen (secondary N) is 1. The third-order valence-electron chi connectivity index (χ3n) is 3.69. The Kier molecular flexibility index (Phi) is 5.15. The van der Waals surface area contributed by atoms with Crippen LogP contribution in [0.4, 0.5) is 11.4 Å². The fraction of sp³-hybridized carbons (Fsp3) is 0.333. The molecule has 0 aliphatic heterocycles. The van der Waals surface area contributed by atoms with E-state index in [0.717, 1.165) is 11.4 Å². The highest BCUT2D eigenvalue weighted by atomic mass is 16.2. The molecule has 0 fully saturated rings. The molecule has 0 unspecified atom stereocenters. The van der Waals surface area contributed by atoms with Gasteiger partial charge < -0.3 is 10.2 Å². The van der Waals surface area contributed by atoms with E-state index in [1.54, 1.807) is 17.2 Å². The molecule has 116 valence electrons. The Labute approximate surface area is 132 Å². The Morgan fingerprint density at radius 1 is 1.14 bits per heavy atom. The topological polar surface area (TPSA) is 45.2 Å². The third kappa shape index (κ3) is 3.64. The highest BCUT2D eigenvalue weighted by molar-refractivity contribution is 5.93. The molecule has 2 rings (SSSR count). The molecule has 22 heavy (non-hydrogen) atoms. The van der Waals surface area contributed by atoms with Crippen LogP contribution in [0.25, 0.3) is 0 Å². The van der Waals surface area contributed by atoms with Crippen LogP contribution in [-0.4, -0.2) is 28.9 Å². The lowest BCUT2D eigenvalue weighted by Gasteiger charge is -2.18. The lowest BCUT2D eigenvalue weighted by atomic mass is 10.1. The number of carbonyl (C=O) groups is 1. The quantitative estimate of drug-likeness (QED) is 0.909. The molecule has 1 N–H and O–H groups in total. The fourth-order valence-electron chi connectivity index (χ4n) is 2.41. The minimum atomic E-state index is -0.0331. The molecule has 2 aromatic rings. The Morgan fingerprint density at radius 3 is 2.50 bits per heavy atom. The summed E-state index contributed by atoms with van der Waals surface area (Å²) in [5, 5.41) is 3.36. The van der Waals surface area contributed by atoms with Gasteiger partial charge in [-0.05, 0) is 51.5 Å². The summed E-state index contributed by atoms with van der Waals surface area (Å²) in [7, 11) is 0. The number of hydrogen-bond donors (Lipinski definition) is 1. The van der Waals surface area contributed by atoms with Gasteiger partial charge in [-0.3, -0.25) is 9.78 Å². The van der Waals surface area contributed by atoms with Crippen molar-refractivity contribution in [2.45, 2.75) is 27.7 Å². The zero-order valence-electron chi connectivity index (χ0n) is 13.7. The highest BCUT2D eigenvalue weighted by Gasteiger charge is 2.14. The van der Waals surface area contributed by atoms with Gasteiger partial charge in [-0.25, -0.2) is 0 Å². The Morgan fingerprint density at radius 2 is 1.86 bits per heavy atom. The summed E-state index contributed by atoms with van der Waals surface area (Å²) in [5.41, 5.74) is 4.79. The van der Waals surface area contributed by atoms with Gasteiger partial charge in [0.25, 0.3) is 5.91 Å². The maximum Gasteiger partial charge on any atom is 0.272 e. The predicted molar refractivity (Wildman–Crippen MR) is 90.7 cm³/mol. The molecule has 0 bridgehead atoms.